The summed E-state index contributed by atoms with van der Waals surface area (Å²) in [5.74, 6) is 0.829. The maximum atomic E-state index is 9.15. The molecule has 0 saturated heterocycles. The van der Waals surface area contributed by atoms with Crippen LogP contribution < -0.4 is 9.64 Å². The number of nitrogens with zero attached hydrogens (tertiary/aromatic N) is 2. The van der Waals surface area contributed by atoms with Gasteiger partial charge in [-0.3, -0.25) is 0 Å². The van der Waals surface area contributed by atoms with E-state index in [4.69, 9.17) is 21.6 Å². The van der Waals surface area contributed by atoms with Crippen LogP contribution >= 0.6 is 11.6 Å². The summed E-state index contributed by atoms with van der Waals surface area (Å²) in [7, 11) is 3.63. The molecule has 0 atom stereocenters. The molecule has 0 aromatic heterocycles. The molecule has 4 heteroatoms. The fraction of sp³-hybridized carbons (Fsp3) is 0.500. The maximum Gasteiger partial charge on any atom is 0.145 e. The number of hydrogen-bond donors (Lipinski definition) is 0. The molecule has 1 fully saturated rings. The maximum absolute atomic E-state index is 9.15. The van der Waals surface area contributed by atoms with Gasteiger partial charge in [-0.05, 0) is 37.5 Å². The van der Waals surface area contributed by atoms with Crippen molar-refractivity contribution in [2.75, 3.05) is 25.6 Å². The van der Waals surface area contributed by atoms with Crippen LogP contribution in [0.4, 0.5) is 5.69 Å². The molecule has 0 unspecified atom stereocenters. The number of aryl methyl sites for hydroxylation is 1. The molecule has 0 spiro atoms. The summed E-state index contributed by atoms with van der Waals surface area (Å²) in [5.41, 5.74) is 1.79. The monoisotopic (exact) mass is 264 g/mol. The first-order valence-corrected chi connectivity index (χ1v) is 6.36. The highest BCUT2D eigenvalue weighted by molar-refractivity contribution is 6.31. The second-order valence-electron chi connectivity index (χ2n) is 5.02. The van der Waals surface area contributed by atoms with Gasteiger partial charge in [0.2, 0.25) is 0 Å². The van der Waals surface area contributed by atoms with E-state index in [1.165, 1.54) is 0 Å². The molecule has 1 aromatic rings. The van der Waals surface area contributed by atoms with E-state index in [-0.39, 0.29) is 5.41 Å². The van der Waals surface area contributed by atoms with E-state index in [2.05, 4.69) is 11.0 Å². The van der Waals surface area contributed by atoms with Crippen molar-refractivity contribution < 1.29 is 4.74 Å². The highest BCUT2D eigenvalue weighted by Crippen LogP contribution is 2.47. The largest absolute Gasteiger partial charge is 0.494 e. The third-order valence-electron chi connectivity index (χ3n) is 3.47. The molecule has 0 N–H and O–H groups in total. The Bertz CT molecular complexity index is 503. The third kappa shape index (κ3) is 2.39. The molecule has 1 saturated carbocycles. The number of rotatable bonds is 4. The van der Waals surface area contributed by atoms with Crippen molar-refractivity contribution >= 4 is 17.3 Å². The number of nitriles is 1. The SMILES string of the molecule is COc1c(C)cc(Cl)cc1N(C)CC1(C#N)CC1. The van der Waals surface area contributed by atoms with Crippen LogP contribution in [0.5, 0.6) is 5.75 Å². The van der Waals surface area contributed by atoms with Gasteiger partial charge in [-0.2, -0.15) is 5.26 Å². The Morgan fingerprint density at radius 3 is 2.67 bits per heavy atom. The quantitative estimate of drug-likeness (QED) is 0.836. The van der Waals surface area contributed by atoms with Crippen molar-refractivity contribution in [3.05, 3.63) is 22.7 Å². The van der Waals surface area contributed by atoms with Gasteiger partial charge in [0, 0.05) is 18.6 Å². The number of halogens is 1. The second kappa shape index (κ2) is 4.70. The van der Waals surface area contributed by atoms with Crippen molar-refractivity contribution in [2.24, 2.45) is 5.41 Å². The molecule has 1 aromatic carbocycles. The smallest absolute Gasteiger partial charge is 0.145 e. The standard InChI is InChI=1S/C14H17ClN2O/c1-10-6-11(15)7-12(13(10)18-3)17(2)9-14(8-16)4-5-14/h6-7H,4-5,9H2,1-3H3. The van der Waals surface area contributed by atoms with Crippen molar-refractivity contribution in [3.63, 3.8) is 0 Å². The first kappa shape index (κ1) is 13.0. The lowest BCUT2D eigenvalue weighted by Crippen LogP contribution is -2.26. The lowest BCUT2D eigenvalue weighted by molar-refractivity contribution is 0.411. The fourth-order valence-corrected chi connectivity index (χ4v) is 2.52. The lowest BCUT2D eigenvalue weighted by atomic mass is 10.1. The van der Waals surface area contributed by atoms with Crippen LogP contribution in [-0.4, -0.2) is 20.7 Å². The fourth-order valence-electron chi connectivity index (χ4n) is 2.26. The Balaban J connectivity index is 2.29. The number of benzene rings is 1. The molecular formula is C14H17ClN2O. The van der Waals surface area contributed by atoms with Gasteiger partial charge in [-0.25, -0.2) is 0 Å². The zero-order valence-corrected chi connectivity index (χ0v) is 11.7. The van der Waals surface area contributed by atoms with Gasteiger partial charge in [0.1, 0.15) is 5.75 Å². The van der Waals surface area contributed by atoms with E-state index in [1.54, 1.807) is 7.11 Å². The van der Waals surface area contributed by atoms with Gasteiger partial charge >= 0.3 is 0 Å². The molecule has 96 valence electrons. The predicted octanol–water partition coefficient (Wildman–Crippen LogP) is 3.40. The summed E-state index contributed by atoms with van der Waals surface area (Å²) in [6, 6.07) is 6.18. The molecular weight excluding hydrogens is 248 g/mol. The number of methoxy groups -OCH3 is 1. The topological polar surface area (TPSA) is 36.3 Å². The minimum absolute atomic E-state index is 0.171. The summed E-state index contributed by atoms with van der Waals surface area (Å²) in [6.07, 6.45) is 1.96. The molecule has 0 radical (unpaired) electrons. The van der Waals surface area contributed by atoms with E-state index < -0.39 is 0 Å². The Labute approximate surface area is 113 Å². The molecule has 0 heterocycles. The van der Waals surface area contributed by atoms with Gasteiger partial charge in [0.15, 0.2) is 0 Å². The van der Waals surface area contributed by atoms with Crippen LogP contribution in [0.1, 0.15) is 18.4 Å². The summed E-state index contributed by atoms with van der Waals surface area (Å²) >= 11 is 6.10. The van der Waals surface area contributed by atoms with Gasteiger partial charge in [0.25, 0.3) is 0 Å². The van der Waals surface area contributed by atoms with E-state index >= 15 is 0 Å². The van der Waals surface area contributed by atoms with E-state index in [1.807, 2.05) is 26.1 Å². The summed E-state index contributed by atoms with van der Waals surface area (Å²) in [5, 5.41) is 9.85. The minimum Gasteiger partial charge on any atom is -0.494 e. The number of hydrogen-bond acceptors (Lipinski definition) is 3. The van der Waals surface area contributed by atoms with Gasteiger partial charge in [0.05, 0.1) is 24.3 Å². The summed E-state index contributed by atoms with van der Waals surface area (Å²) in [6.45, 7) is 2.69. The van der Waals surface area contributed by atoms with Crippen molar-refractivity contribution in [3.8, 4) is 11.8 Å². The Kier molecular flexibility index (Phi) is 3.41. The molecule has 0 bridgehead atoms. The molecule has 0 amide bonds. The van der Waals surface area contributed by atoms with Crippen molar-refractivity contribution in [1.82, 2.24) is 0 Å². The van der Waals surface area contributed by atoms with Crippen LogP contribution in [0, 0.1) is 23.7 Å². The molecule has 18 heavy (non-hydrogen) atoms. The zero-order chi connectivity index (χ0) is 13.3. The van der Waals surface area contributed by atoms with Crippen LogP contribution in [-0.2, 0) is 0 Å². The van der Waals surface area contributed by atoms with Crippen LogP contribution in [0.25, 0.3) is 0 Å². The summed E-state index contributed by atoms with van der Waals surface area (Å²) < 4.78 is 5.44. The molecule has 1 aliphatic rings. The van der Waals surface area contributed by atoms with Gasteiger partial charge < -0.3 is 9.64 Å². The second-order valence-corrected chi connectivity index (χ2v) is 5.46. The highest BCUT2D eigenvalue weighted by Gasteiger charge is 2.44. The van der Waals surface area contributed by atoms with Crippen molar-refractivity contribution in [1.29, 1.82) is 5.26 Å². The van der Waals surface area contributed by atoms with E-state index in [9.17, 15) is 0 Å². The van der Waals surface area contributed by atoms with Crippen LogP contribution in [0.2, 0.25) is 5.02 Å². The Morgan fingerprint density at radius 1 is 1.50 bits per heavy atom. The predicted molar refractivity (Wildman–Crippen MR) is 73.3 cm³/mol. The first-order chi connectivity index (χ1) is 8.51. The van der Waals surface area contributed by atoms with Crippen LogP contribution in [0.15, 0.2) is 12.1 Å². The van der Waals surface area contributed by atoms with Crippen LogP contribution in [0.3, 0.4) is 0 Å². The molecule has 3 nitrogen and oxygen atoms in total. The first-order valence-electron chi connectivity index (χ1n) is 5.98. The Morgan fingerprint density at radius 2 is 2.17 bits per heavy atom. The average Bonchev–Trinajstić information content (AvgIpc) is 3.08. The van der Waals surface area contributed by atoms with Gasteiger partial charge in [-0.15, -0.1) is 0 Å². The minimum atomic E-state index is -0.171. The Hall–Kier alpha value is -1.40. The molecule has 0 aliphatic heterocycles. The molecule has 2 rings (SSSR count). The highest BCUT2D eigenvalue weighted by atomic mass is 35.5. The number of anilines is 1. The van der Waals surface area contributed by atoms with Crippen molar-refractivity contribution in [2.45, 2.75) is 19.8 Å². The summed E-state index contributed by atoms with van der Waals surface area (Å²) in [4.78, 5) is 2.06. The third-order valence-corrected chi connectivity index (χ3v) is 3.68. The van der Waals surface area contributed by atoms with Gasteiger partial charge in [-0.1, -0.05) is 11.6 Å². The molecule has 1 aliphatic carbocycles. The zero-order valence-electron chi connectivity index (χ0n) is 11.0. The average molecular weight is 265 g/mol. The normalized spacial score (nSPS) is 15.9. The lowest BCUT2D eigenvalue weighted by Gasteiger charge is -2.25. The number of ether oxygens (including phenoxy) is 1. The van der Waals surface area contributed by atoms with E-state index in [0.717, 1.165) is 36.4 Å². The van der Waals surface area contributed by atoms with E-state index in [0.29, 0.717) is 5.02 Å².